The van der Waals surface area contributed by atoms with Crippen molar-refractivity contribution in [3.05, 3.63) is 63.9 Å². The Kier molecular flexibility index (Phi) is 4.32. The number of nitrogens with one attached hydrogen (secondary N) is 1. The lowest BCUT2D eigenvalue weighted by molar-refractivity contribution is 0.811. The third-order valence-corrected chi connectivity index (χ3v) is 5.89. The highest BCUT2D eigenvalue weighted by molar-refractivity contribution is 7.99. The molecule has 0 aliphatic heterocycles. The van der Waals surface area contributed by atoms with Crippen molar-refractivity contribution in [2.24, 2.45) is 0 Å². The second-order valence-corrected chi connectivity index (χ2v) is 7.56. The van der Waals surface area contributed by atoms with Crippen molar-refractivity contribution in [2.45, 2.75) is 32.3 Å². The molecule has 0 unspecified atom stereocenters. The summed E-state index contributed by atoms with van der Waals surface area (Å²) in [6.45, 7) is 6.26. The van der Waals surface area contributed by atoms with E-state index in [0.717, 1.165) is 50.6 Å². The largest absolute Gasteiger partial charge is 0.349 e. The summed E-state index contributed by atoms with van der Waals surface area (Å²) < 4.78 is 1.76. The molecular weight excluding hydrogens is 342 g/mol. The molecule has 5 heteroatoms. The Balaban J connectivity index is 2.10. The molecule has 0 bridgehead atoms. The van der Waals surface area contributed by atoms with Gasteiger partial charge in [-0.2, -0.15) is 0 Å². The van der Waals surface area contributed by atoms with Crippen molar-refractivity contribution in [3.63, 3.8) is 0 Å². The van der Waals surface area contributed by atoms with Crippen molar-refractivity contribution in [1.82, 2.24) is 14.5 Å². The van der Waals surface area contributed by atoms with E-state index in [9.17, 15) is 4.79 Å². The molecule has 26 heavy (non-hydrogen) atoms. The third-order valence-electron chi connectivity index (χ3n) is 4.75. The second-order valence-electron chi connectivity index (χ2n) is 6.50. The summed E-state index contributed by atoms with van der Waals surface area (Å²) >= 11 is 1.64. The number of nitrogens with zero attached hydrogens (tertiary/aromatic N) is 2. The molecule has 1 N–H and O–H groups in total. The predicted octanol–water partition coefficient (Wildman–Crippen LogP) is 4.99. The van der Waals surface area contributed by atoms with Crippen molar-refractivity contribution in [3.8, 4) is 5.69 Å². The number of hydrogen-bond donors (Lipinski definition) is 1. The number of thioether (sulfide) groups is 1. The topological polar surface area (TPSA) is 50.7 Å². The maximum atomic E-state index is 13.4. The number of benzene rings is 2. The minimum absolute atomic E-state index is 0.0431. The van der Waals surface area contributed by atoms with Crippen LogP contribution in [0.4, 0.5) is 0 Å². The summed E-state index contributed by atoms with van der Waals surface area (Å²) in [5.41, 5.74) is 5.39. The number of rotatable bonds is 4. The minimum Gasteiger partial charge on any atom is -0.349 e. The van der Waals surface area contributed by atoms with Gasteiger partial charge in [0, 0.05) is 16.7 Å². The summed E-state index contributed by atoms with van der Waals surface area (Å²) in [4.78, 5) is 21.6. The smallest absolute Gasteiger partial charge is 0.283 e. The van der Waals surface area contributed by atoms with Crippen LogP contribution in [0.15, 0.2) is 52.4 Å². The van der Waals surface area contributed by atoms with E-state index in [2.05, 4.69) is 31.8 Å². The van der Waals surface area contributed by atoms with Gasteiger partial charge in [-0.15, -0.1) is 0 Å². The lowest BCUT2D eigenvalue weighted by Crippen LogP contribution is -2.22. The first-order chi connectivity index (χ1) is 12.6. The molecule has 4 rings (SSSR count). The van der Waals surface area contributed by atoms with E-state index in [-0.39, 0.29) is 5.56 Å². The highest BCUT2D eigenvalue weighted by atomic mass is 32.2. The van der Waals surface area contributed by atoms with E-state index >= 15 is 0 Å². The van der Waals surface area contributed by atoms with Crippen LogP contribution < -0.4 is 5.56 Å². The van der Waals surface area contributed by atoms with Crippen LogP contribution in [0.25, 0.3) is 27.6 Å². The Morgan fingerprint density at radius 3 is 2.73 bits per heavy atom. The fraction of sp³-hybridized carbons (Fsp3) is 0.238. The van der Waals surface area contributed by atoms with Gasteiger partial charge in [-0.1, -0.05) is 49.0 Å². The van der Waals surface area contributed by atoms with Crippen LogP contribution in [-0.2, 0) is 0 Å². The number of aryl methyl sites for hydroxylation is 1. The third kappa shape index (κ3) is 2.63. The zero-order valence-corrected chi connectivity index (χ0v) is 16.0. The molecule has 0 spiro atoms. The Hall–Kier alpha value is -2.53. The summed E-state index contributed by atoms with van der Waals surface area (Å²) in [6, 6.07) is 14.0. The zero-order valence-electron chi connectivity index (χ0n) is 15.2. The molecule has 0 fully saturated rings. The monoisotopic (exact) mass is 363 g/mol. The Bertz CT molecular complexity index is 1170. The molecule has 0 atom stereocenters. The van der Waals surface area contributed by atoms with Gasteiger partial charge in [0.05, 0.1) is 5.69 Å². The van der Waals surface area contributed by atoms with Crippen LogP contribution in [0.2, 0.25) is 0 Å². The average molecular weight is 363 g/mol. The fourth-order valence-corrected chi connectivity index (χ4v) is 4.08. The van der Waals surface area contributed by atoms with E-state index in [0.29, 0.717) is 5.52 Å². The van der Waals surface area contributed by atoms with Gasteiger partial charge < -0.3 is 4.98 Å². The SMILES string of the molecule is CCCSc1nc2c([nH]c3ccccc32)c(=O)n1-c1cccc(C)c1C. The lowest BCUT2D eigenvalue weighted by Gasteiger charge is -2.15. The summed E-state index contributed by atoms with van der Waals surface area (Å²) in [6.07, 6.45) is 1.03. The van der Waals surface area contributed by atoms with Crippen LogP contribution in [0.1, 0.15) is 24.5 Å². The molecule has 0 aliphatic rings. The molecular formula is C21H21N3OS. The summed E-state index contributed by atoms with van der Waals surface area (Å²) in [7, 11) is 0. The molecule has 4 aromatic rings. The van der Waals surface area contributed by atoms with Gasteiger partial charge in [0.25, 0.3) is 5.56 Å². The average Bonchev–Trinajstić information content (AvgIpc) is 3.02. The number of aromatic nitrogens is 3. The predicted molar refractivity (Wildman–Crippen MR) is 110 cm³/mol. The highest BCUT2D eigenvalue weighted by Crippen LogP contribution is 2.28. The van der Waals surface area contributed by atoms with E-state index in [1.165, 1.54) is 0 Å². The Morgan fingerprint density at radius 2 is 1.92 bits per heavy atom. The number of para-hydroxylation sites is 1. The van der Waals surface area contributed by atoms with Gasteiger partial charge in [-0.25, -0.2) is 4.98 Å². The zero-order chi connectivity index (χ0) is 18.3. The standard InChI is InChI=1S/C21H21N3OS/c1-4-12-26-21-23-18-15-9-5-6-10-16(15)22-19(18)20(25)24(21)17-11-7-8-13(2)14(17)3/h5-11,22H,4,12H2,1-3H3. The van der Waals surface area contributed by atoms with Gasteiger partial charge >= 0.3 is 0 Å². The van der Waals surface area contributed by atoms with Crippen LogP contribution in [-0.4, -0.2) is 20.3 Å². The van der Waals surface area contributed by atoms with Crippen LogP contribution >= 0.6 is 11.8 Å². The first-order valence-electron chi connectivity index (χ1n) is 8.84. The van der Waals surface area contributed by atoms with E-state index in [1.54, 1.807) is 16.3 Å². The van der Waals surface area contributed by atoms with Crippen molar-refractivity contribution < 1.29 is 0 Å². The fourth-order valence-electron chi connectivity index (χ4n) is 3.22. The number of H-pyrrole nitrogens is 1. The van der Waals surface area contributed by atoms with E-state index < -0.39 is 0 Å². The molecule has 2 heterocycles. The quantitative estimate of drug-likeness (QED) is 0.411. The Labute approximate surface area is 156 Å². The molecule has 2 aromatic heterocycles. The molecule has 0 radical (unpaired) electrons. The van der Waals surface area contributed by atoms with Crippen LogP contribution in [0, 0.1) is 13.8 Å². The van der Waals surface area contributed by atoms with Gasteiger partial charge in [-0.05, 0) is 43.5 Å². The van der Waals surface area contributed by atoms with Gasteiger partial charge in [0.15, 0.2) is 5.16 Å². The van der Waals surface area contributed by atoms with Crippen molar-refractivity contribution >= 4 is 33.7 Å². The van der Waals surface area contributed by atoms with Gasteiger partial charge in [0.1, 0.15) is 11.0 Å². The molecule has 0 aliphatic carbocycles. The molecule has 132 valence electrons. The number of hydrogen-bond acceptors (Lipinski definition) is 3. The lowest BCUT2D eigenvalue weighted by atomic mass is 10.1. The maximum absolute atomic E-state index is 13.4. The van der Waals surface area contributed by atoms with Crippen molar-refractivity contribution in [1.29, 1.82) is 0 Å². The first-order valence-corrected chi connectivity index (χ1v) is 9.83. The van der Waals surface area contributed by atoms with E-state index in [4.69, 9.17) is 4.98 Å². The van der Waals surface area contributed by atoms with Crippen LogP contribution in [0.5, 0.6) is 0 Å². The molecule has 0 saturated heterocycles. The second kappa shape index (κ2) is 6.65. The maximum Gasteiger partial charge on any atom is 0.283 e. The molecule has 0 saturated carbocycles. The van der Waals surface area contributed by atoms with Gasteiger partial charge in [-0.3, -0.25) is 9.36 Å². The van der Waals surface area contributed by atoms with E-state index in [1.807, 2.05) is 36.4 Å². The number of aromatic amines is 1. The van der Waals surface area contributed by atoms with Gasteiger partial charge in [0.2, 0.25) is 0 Å². The molecule has 4 nitrogen and oxygen atoms in total. The highest BCUT2D eigenvalue weighted by Gasteiger charge is 2.18. The number of fused-ring (bicyclic) bond motifs is 3. The van der Waals surface area contributed by atoms with Crippen LogP contribution in [0.3, 0.4) is 0 Å². The minimum atomic E-state index is -0.0431. The van der Waals surface area contributed by atoms with Crippen molar-refractivity contribution in [2.75, 3.05) is 5.75 Å². The first kappa shape index (κ1) is 16.9. The molecule has 0 amide bonds. The summed E-state index contributed by atoms with van der Waals surface area (Å²) in [5.74, 6) is 0.922. The molecule has 2 aromatic carbocycles. The normalized spacial score (nSPS) is 11.5. The Morgan fingerprint density at radius 1 is 1.12 bits per heavy atom. The summed E-state index contributed by atoms with van der Waals surface area (Å²) in [5, 5.41) is 1.74.